The lowest BCUT2D eigenvalue weighted by atomic mass is 10.0. The molecule has 1 saturated heterocycles. The molecule has 3 aromatic rings. The number of thiazole rings is 1. The highest BCUT2D eigenvalue weighted by molar-refractivity contribution is 8.00. The number of oxime groups is 1. The van der Waals surface area contributed by atoms with Gasteiger partial charge in [0, 0.05) is 23.1 Å². The van der Waals surface area contributed by atoms with Crippen LogP contribution in [0, 0.1) is 0 Å². The fourth-order valence-corrected chi connectivity index (χ4v) is 7.18. The second kappa shape index (κ2) is 15.0. The number of alkyl halides is 3. The Bertz CT molecular complexity index is 1650. The molecular formula is C30H26F3N5O6S3. The van der Waals surface area contributed by atoms with Gasteiger partial charge in [-0.3, -0.25) is 19.7 Å². The topological polar surface area (TPSA) is 139 Å². The van der Waals surface area contributed by atoms with E-state index >= 15 is 0 Å². The number of halogens is 3. The molecule has 5 rings (SSSR count). The summed E-state index contributed by atoms with van der Waals surface area (Å²) in [6.07, 6.45) is -2.23. The number of thioether (sulfide) groups is 2. The SMILES string of the molecule is CSCC1=CN2C(=O)C(NC(=O)C(=NOCC(=O)OC(c3ccccc3)c3ccccc3)c3csc(NC(=O)C(F)(F)F)n3)[C@@H]2SC1. The van der Waals surface area contributed by atoms with Crippen LogP contribution >= 0.6 is 34.9 Å². The minimum Gasteiger partial charge on any atom is -0.450 e. The van der Waals surface area contributed by atoms with Gasteiger partial charge in [-0.05, 0) is 23.0 Å². The van der Waals surface area contributed by atoms with Gasteiger partial charge in [0.15, 0.2) is 16.9 Å². The molecule has 1 aromatic heterocycles. The van der Waals surface area contributed by atoms with E-state index in [0.29, 0.717) is 28.2 Å². The van der Waals surface area contributed by atoms with Crippen molar-refractivity contribution in [1.82, 2.24) is 15.2 Å². The Kier molecular flexibility index (Phi) is 10.9. The van der Waals surface area contributed by atoms with E-state index in [0.717, 1.165) is 11.3 Å². The Hall–Kier alpha value is -4.35. The number of fused-ring (bicyclic) bond motifs is 1. The van der Waals surface area contributed by atoms with Crippen molar-refractivity contribution in [3.8, 4) is 0 Å². The van der Waals surface area contributed by atoms with Crippen molar-refractivity contribution in [2.75, 3.05) is 29.7 Å². The summed E-state index contributed by atoms with van der Waals surface area (Å²) in [6.45, 7) is -0.744. The van der Waals surface area contributed by atoms with E-state index in [2.05, 4.69) is 15.5 Å². The van der Waals surface area contributed by atoms with Crippen LogP contribution in [0.25, 0.3) is 0 Å². The van der Waals surface area contributed by atoms with Gasteiger partial charge in [-0.1, -0.05) is 65.8 Å². The number of hydrogen-bond donors (Lipinski definition) is 2. The molecule has 17 heteroatoms. The summed E-state index contributed by atoms with van der Waals surface area (Å²) in [4.78, 5) is 61.1. The highest BCUT2D eigenvalue weighted by atomic mass is 32.2. The summed E-state index contributed by atoms with van der Waals surface area (Å²) >= 11 is 3.69. The summed E-state index contributed by atoms with van der Waals surface area (Å²) in [7, 11) is 0. The standard InChI is InChI=1S/C30H26F3N5O6S3/c1-45-14-17-12-38-26(41)23(27(38)46-15-17)35-25(40)22(20-16-47-29(34-20)36-28(42)30(31,32)33)37-43-13-21(39)44-24(18-8-4-2-5-9-18)19-10-6-3-7-11-19/h2-12,16,23-24,27H,13-15H2,1H3,(H,35,40)(H,34,36,42)/t23?,27-/m0/s1. The average molecular weight is 706 g/mol. The predicted octanol–water partition coefficient (Wildman–Crippen LogP) is 4.34. The molecular weight excluding hydrogens is 680 g/mol. The minimum atomic E-state index is -5.17. The first-order chi connectivity index (χ1) is 22.5. The Labute approximate surface area is 279 Å². The number of ether oxygens (including phenoxy) is 1. The molecule has 246 valence electrons. The van der Waals surface area contributed by atoms with Crippen molar-refractivity contribution < 1.29 is 41.9 Å². The molecule has 0 saturated carbocycles. The van der Waals surface area contributed by atoms with Gasteiger partial charge in [0.1, 0.15) is 17.1 Å². The number of rotatable bonds is 12. The van der Waals surface area contributed by atoms with Crippen molar-refractivity contribution in [3.63, 3.8) is 0 Å². The van der Waals surface area contributed by atoms with E-state index in [1.165, 1.54) is 22.0 Å². The number of amides is 3. The number of nitrogens with one attached hydrogen (secondary N) is 2. The summed E-state index contributed by atoms with van der Waals surface area (Å²) in [5.41, 5.74) is 1.67. The molecule has 3 heterocycles. The van der Waals surface area contributed by atoms with E-state index in [1.807, 2.05) is 18.4 Å². The lowest BCUT2D eigenvalue weighted by Gasteiger charge is -2.47. The van der Waals surface area contributed by atoms with E-state index in [4.69, 9.17) is 9.57 Å². The third kappa shape index (κ3) is 8.33. The van der Waals surface area contributed by atoms with Crippen molar-refractivity contribution in [1.29, 1.82) is 0 Å². The van der Waals surface area contributed by atoms with Crippen molar-refractivity contribution in [2.24, 2.45) is 5.16 Å². The van der Waals surface area contributed by atoms with E-state index in [1.54, 1.807) is 71.8 Å². The molecule has 3 amide bonds. The fourth-order valence-electron chi connectivity index (χ4n) is 4.55. The van der Waals surface area contributed by atoms with Gasteiger partial charge in [0.2, 0.25) is 6.61 Å². The van der Waals surface area contributed by atoms with Crippen molar-refractivity contribution in [2.45, 2.75) is 23.7 Å². The van der Waals surface area contributed by atoms with Crippen LogP contribution in [0.5, 0.6) is 0 Å². The molecule has 2 atom stereocenters. The zero-order valence-corrected chi connectivity index (χ0v) is 26.9. The molecule has 1 unspecified atom stereocenters. The number of β-lactam (4-membered cyclic amide) rings is 1. The molecule has 2 N–H and O–H groups in total. The summed E-state index contributed by atoms with van der Waals surface area (Å²) < 4.78 is 44.0. The minimum absolute atomic E-state index is 0.258. The first kappa shape index (κ1) is 34.0. The van der Waals surface area contributed by atoms with E-state index in [-0.39, 0.29) is 17.0 Å². The van der Waals surface area contributed by atoms with Crippen LogP contribution in [0.2, 0.25) is 0 Å². The molecule has 1 fully saturated rings. The average Bonchev–Trinajstić information content (AvgIpc) is 3.52. The van der Waals surface area contributed by atoms with Crippen LogP contribution in [0.15, 0.2) is 83.0 Å². The maximum absolute atomic E-state index is 13.4. The highest BCUT2D eigenvalue weighted by Gasteiger charge is 2.50. The summed E-state index contributed by atoms with van der Waals surface area (Å²) in [6, 6.07) is 17.0. The molecule has 2 aromatic carbocycles. The second-order valence-electron chi connectivity index (χ2n) is 10.0. The molecule has 47 heavy (non-hydrogen) atoms. The third-order valence-electron chi connectivity index (χ3n) is 6.69. The van der Waals surface area contributed by atoms with Gasteiger partial charge in [0.25, 0.3) is 11.8 Å². The Morgan fingerprint density at radius 2 is 1.77 bits per heavy atom. The first-order valence-electron chi connectivity index (χ1n) is 13.8. The molecule has 0 radical (unpaired) electrons. The summed E-state index contributed by atoms with van der Waals surface area (Å²) in [5.74, 6) is -2.96. The monoisotopic (exact) mass is 705 g/mol. The number of hydrogen-bond acceptors (Lipinski definition) is 11. The van der Waals surface area contributed by atoms with Gasteiger partial charge in [-0.25, -0.2) is 9.78 Å². The smallest absolute Gasteiger partial charge is 0.450 e. The van der Waals surface area contributed by atoms with Crippen LogP contribution < -0.4 is 10.6 Å². The highest BCUT2D eigenvalue weighted by Crippen LogP contribution is 2.37. The first-order valence-corrected chi connectivity index (χ1v) is 17.1. The number of benzene rings is 2. The van der Waals surface area contributed by atoms with Crippen LogP contribution in [0.3, 0.4) is 0 Å². The zero-order valence-electron chi connectivity index (χ0n) is 24.4. The quantitative estimate of drug-likeness (QED) is 0.122. The fraction of sp³-hybridized carbons (Fsp3) is 0.267. The normalized spacial score (nSPS) is 17.7. The summed E-state index contributed by atoms with van der Waals surface area (Å²) in [5, 5.41) is 8.31. The molecule has 0 aliphatic carbocycles. The zero-order chi connectivity index (χ0) is 33.6. The molecule has 0 bridgehead atoms. The largest absolute Gasteiger partial charge is 0.471 e. The predicted molar refractivity (Wildman–Crippen MR) is 172 cm³/mol. The number of carbonyl (C=O) groups is 4. The lowest BCUT2D eigenvalue weighted by Crippen LogP contribution is -2.69. The van der Waals surface area contributed by atoms with Gasteiger partial charge in [-0.2, -0.15) is 24.9 Å². The van der Waals surface area contributed by atoms with E-state index < -0.39 is 53.6 Å². The van der Waals surface area contributed by atoms with Crippen LogP contribution in [-0.4, -0.2) is 81.2 Å². The van der Waals surface area contributed by atoms with Gasteiger partial charge in [-0.15, -0.1) is 23.1 Å². The Morgan fingerprint density at radius 1 is 1.11 bits per heavy atom. The number of anilines is 1. The number of nitrogens with zero attached hydrogens (tertiary/aromatic N) is 3. The Balaban J connectivity index is 1.31. The number of carbonyl (C=O) groups excluding carboxylic acids is 4. The van der Waals surface area contributed by atoms with Gasteiger partial charge >= 0.3 is 18.1 Å². The third-order valence-corrected chi connectivity index (χ3v) is 9.48. The molecule has 11 nitrogen and oxygen atoms in total. The molecule has 2 aliphatic rings. The van der Waals surface area contributed by atoms with Gasteiger partial charge < -0.3 is 19.8 Å². The van der Waals surface area contributed by atoms with Crippen LogP contribution in [0.4, 0.5) is 18.3 Å². The molecule has 0 spiro atoms. The van der Waals surface area contributed by atoms with E-state index in [9.17, 15) is 32.3 Å². The maximum atomic E-state index is 13.4. The molecule has 2 aliphatic heterocycles. The van der Waals surface area contributed by atoms with Crippen LogP contribution in [0.1, 0.15) is 22.9 Å². The maximum Gasteiger partial charge on any atom is 0.471 e. The lowest BCUT2D eigenvalue weighted by molar-refractivity contribution is -0.167. The number of esters is 1. The Morgan fingerprint density at radius 3 is 2.38 bits per heavy atom. The van der Waals surface area contributed by atoms with Crippen molar-refractivity contribution >= 4 is 69.4 Å². The van der Waals surface area contributed by atoms with Gasteiger partial charge in [0.05, 0.1) is 0 Å². The second-order valence-corrected chi connectivity index (χ2v) is 12.8. The van der Waals surface area contributed by atoms with Crippen molar-refractivity contribution in [3.05, 3.63) is 94.6 Å². The number of aromatic nitrogens is 1. The van der Waals surface area contributed by atoms with Crippen LogP contribution in [-0.2, 0) is 28.8 Å².